The number of ketones is 1. The highest BCUT2D eigenvalue weighted by molar-refractivity contribution is 8.26. The molecular formula is C29H37N5O6S3. The second-order valence-electron chi connectivity index (χ2n) is 8.84. The van der Waals surface area contributed by atoms with Gasteiger partial charge in [-0.2, -0.15) is 11.8 Å². The molecule has 1 amide bonds. The van der Waals surface area contributed by atoms with Crippen molar-refractivity contribution in [2.45, 2.75) is 32.1 Å². The van der Waals surface area contributed by atoms with Gasteiger partial charge in [-0.25, -0.2) is 0 Å². The summed E-state index contributed by atoms with van der Waals surface area (Å²) in [6, 6.07) is 10.6. The molecule has 232 valence electrons. The number of carbonyl (C=O) groups is 2. The normalized spacial score (nSPS) is 10.4. The largest absolute Gasteiger partial charge is 0.493 e. The van der Waals surface area contributed by atoms with E-state index in [4.69, 9.17) is 40.6 Å². The molecule has 5 N–H and O–H groups in total. The first kappa shape index (κ1) is 35.7. The van der Waals surface area contributed by atoms with Gasteiger partial charge in [-0.05, 0) is 35.4 Å². The zero-order chi connectivity index (χ0) is 31.8. The van der Waals surface area contributed by atoms with E-state index >= 15 is 0 Å². The zero-order valence-corrected chi connectivity index (χ0v) is 27.0. The van der Waals surface area contributed by atoms with Crippen LogP contribution >= 0.6 is 35.3 Å². The van der Waals surface area contributed by atoms with Gasteiger partial charge in [-0.15, -0.1) is 0 Å². The van der Waals surface area contributed by atoms with Crippen molar-refractivity contribution in [2.75, 3.05) is 39.9 Å². The highest BCUT2D eigenvalue weighted by Gasteiger charge is 2.17. The van der Waals surface area contributed by atoms with Gasteiger partial charge in [0.2, 0.25) is 5.91 Å². The Morgan fingerprint density at radius 3 is 1.72 bits per heavy atom. The molecule has 11 nitrogen and oxygen atoms in total. The zero-order valence-electron chi connectivity index (χ0n) is 24.6. The predicted molar refractivity (Wildman–Crippen MR) is 177 cm³/mol. The average molecular weight is 648 g/mol. The molecule has 0 aliphatic rings. The fraction of sp³-hybridized carbons (Fsp3) is 0.379. The molecule has 0 saturated heterocycles. The number of Topliss-reactive ketones (excluding diaryl/α,β-unsaturated/α-hetero) is 1. The van der Waals surface area contributed by atoms with Crippen LogP contribution in [-0.2, 0) is 22.4 Å². The maximum Gasteiger partial charge on any atom is 0.230 e. The summed E-state index contributed by atoms with van der Waals surface area (Å²) in [5.74, 6) is 2.72. The SMILES string of the molecule is COc1cccc(CC(=O)CC(=N)SC(=N)CCSCCC(=N)SC(=N)NC(=O)Cc2cccc(OC)c2OC)c1OC. The lowest BCUT2D eigenvalue weighted by Crippen LogP contribution is -2.30. The van der Waals surface area contributed by atoms with E-state index in [9.17, 15) is 9.59 Å². The van der Waals surface area contributed by atoms with Crippen LogP contribution in [0.25, 0.3) is 0 Å². The summed E-state index contributed by atoms with van der Waals surface area (Å²) < 4.78 is 21.2. The maximum absolute atomic E-state index is 12.5. The van der Waals surface area contributed by atoms with Gasteiger partial charge in [-0.1, -0.05) is 36.0 Å². The van der Waals surface area contributed by atoms with Crippen LogP contribution < -0.4 is 24.3 Å². The van der Waals surface area contributed by atoms with Crippen molar-refractivity contribution in [1.29, 1.82) is 21.6 Å². The number of methoxy groups -OCH3 is 4. The van der Waals surface area contributed by atoms with Gasteiger partial charge in [0.05, 0.1) is 56.4 Å². The number of amides is 1. The Morgan fingerprint density at radius 1 is 0.698 bits per heavy atom. The lowest BCUT2D eigenvalue weighted by molar-refractivity contribution is -0.119. The van der Waals surface area contributed by atoms with Crippen LogP contribution in [0.1, 0.15) is 30.4 Å². The van der Waals surface area contributed by atoms with E-state index in [0.717, 1.165) is 23.5 Å². The minimum Gasteiger partial charge on any atom is -0.493 e. The van der Waals surface area contributed by atoms with Crippen LogP contribution in [0.4, 0.5) is 0 Å². The molecule has 0 saturated carbocycles. The number of rotatable bonds is 16. The molecular weight excluding hydrogens is 611 g/mol. The average Bonchev–Trinajstić information content (AvgIpc) is 2.96. The van der Waals surface area contributed by atoms with E-state index in [1.165, 1.54) is 28.4 Å². The van der Waals surface area contributed by atoms with Crippen LogP contribution in [0.5, 0.6) is 23.0 Å². The number of hydrogen-bond acceptors (Lipinski definition) is 13. The second-order valence-corrected chi connectivity index (χ2v) is 12.4. The summed E-state index contributed by atoms with van der Waals surface area (Å²) in [4.78, 5) is 24.9. The first-order valence-electron chi connectivity index (χ1n) is 13.1. The molecule has 0 atom stereocenters. The maximum atomic E-state index is 12.5. The first-order chi connectivity index (χ1) is 20.6. The molecule has 0 radical (unpaired) electrons. The van der Waals surface area contributed by atoms with Gasteiger partial charge in [0, 0.05) is 30.4 Å². The number of hydrogen-bond donors (Lipinski definition) is 5. The summed E-state index contributed by atoms with van der Waals surface area (Å²) in [5.41, 5.74) is 1.31. The van der Waals surface area contributed by atoms with E-state index in [0.29, 0.717) is 63.5 Å². The van der Waals surface area contributed by atoms with Crippen LogP contribution in [0, 0.1) is 21.6 Å². The summed E-state index contributed by atoms with van der Waals surface area (Å²) in [6.45, 7) is 0. The topological polar surface area (TPSA) is 178 Å². The van der Waals surface area contributed by atoms with Crippen LogP contribution in [0.2, 0.25) is 0 Å². The molecule has 0 spiro atoms. The van der Waals surface area contributed by atoms with Gasteiger partial charge >= 0.3 is 0 Å². The molecule has 0 aliphatic carbocycles. The minimum atomic E-state index is -0.394. The van der Waals surface area contributed by atoms with E-state index in [1.807, 2.05) is 0 Å². The molecule has 0 heterocycles. The number of benzene rings is 2. The highest BCUT2D eigenvalue weighted by Crippen LogP contribution is 2.32. The summed E-state index contributed by atoms with van der Waals surface area (Å²) in [7, 11) is 6.05. The Balaban J connectivity index is 1.63. The molecule has 2 aromatic rings. The van der Waals surface area contributed by atoms with E-state index < -0.39 is 5.91 Å². The molecule has 0 unspecified atom stereocenters. The van der Waals surface area contributed by atoms with Crippen LogP contribution in [-0.4, -0.2) is 71.9 Å². The third-order valence-corrected chi connectivity index (χ3v) is 8.32. The third kappa shape index (κ3) is 12.3. The van der Waals surface area contributed by atoms with Crippen molar-refractivity contribution in [2.24, 2.45) is 0 Å². The smallest absolute Gasteiger partial charge is 0.230 e. The van der Waals surface area contributed by atoms with Gasteiger partial charge in [0.15, 0.2) is 28.2 Å². The molecule has 0 aromatic heterocycles. The quantitative estimate of drug-likeness (QED) is 0.0903. The number of carbonyl (C=O) groups excluding carboxylic acids is 2. The Morgan fingerprint density at radius 2 is 1.21 bits per heavy atom. The Bertz CT molecular complexity index is 1240. The standard InChI is InChI=1S/C29H37N5O6S3/c1-37-21-9-5-7-18(27(21)39-3)15-20(35)17-25(32)42-23(30)11-13-41-14-12-24(31)43-29(33)34-26(36)16-19-8-6-10-22(38-2)28(19)40-4/h5-10,30-32H,11-17H2,1-4H3,(H2,33,34,36). The van der Waals surface area contributed by atoms with Crippen molar-refractivity contribution in [1.82, 2.24) is 5.32 Å². The Labute approximate surface area is 264 Å². The molecule has 0 bridgehead atoms. The van der Waals surface area contributed by atoms with Crippen molar-refractivity contribution in [3.63, 3.8) is 0 Å². The third-order valence-electron chi connectivity index (χ3n) is 5.74. The summed E-state index contributed by atoms with van der Waals surface area (Å²) >= 11 is 3.43. The van der Waals surface area contributed by atoms with Gasteiger partial charge in [0.25, 0.3) is 0 Å². The minimum absolute atomic E-state index is 0.000900. The molecule has 2 aromatic carbocycles. The first-order valence-corrected chi connectivity index (χ1v) is 15.9. The van der Waals surface area contributed by atoms with Crippen molar-refractivity contribution < 1.29 is 28.5 Å². The van der Waals surface area contributed by atoms with Gasteiger partial charge in [-0.3, -0.25) is 31.2 Å². The van der Waals surface area contributed by atoms with E-state index in [1.54, 1.807) is 48.2 Å². The van der Waals surface area contributed by atoms with E-state index in [-0.39, 0.29) is 40.3 Å². The number of para-hydroxylation sites is 2. The molecule has 0 fully saturated rings. The molecule has 0 aliphatic heterocycles. The fourth-order valence-corrected chi connectivity index (χ4v) is 6.36. The lowest BCUT2D eigenvalue weighted by Gasteiger charge is -2.12. The second kappa shape index (κ2) is 18.9. The fourth-order valence-electron chi connectivity index (χ4n) is 3.85. The van der Waals surface area contributed by atoms with Gasteiger partial charge in [0.1, 0.15) is 5.78 Å². The van der Waals surface area contributed by atoms with Crippen LogP contribution in [0.15, 0.2) is 36.4 Å². The summed E-state index contributed by atoms with van der Waals surface area (Å²) in [6.07, 6.45) is 0.893. The molecule has 2 rings (SSSR count). The van der Waals surface area contributed by atoms with Crippen molar-refractivity contribution >= 4 is 67.3 Å². The van der Waals surface area contributed by atoms with Crippen LogP contribution in [0.3, 0.4) is 0 Å². The number of amidine groups is 1. The van der Waals surface area contributed by atoms with Crippen molar-refractivity contribution in [3.05, 3.63) is 47.5 Å². The predicted octanol–water partition coefficient (Wildman–Crippen LogP) is 5.43. The Kier molecular flexibility index (Phi) is 15.7. The lowest BCUT2D eigenvalue weighted by atomic mass is 10.1. The van der Waals surface area contributed by atoms with Gasteiger partial charge < -0.3 is 24.3 Å². The molecule has 43 heavy (non-hydrogen) atoms. The molecule has 14 heteroatoms. The number of ether oxygens (including phenoxy) is 4. The monoisotopic (exact) mass is 647 g/mol. The number of nitrogens with one attached hydrogen (secondary N) is 5. The Hall–Kier alpha value is -3.49. The van der Waals surface area contributed by atoms with Crippen molar-refractivity contribution in [3.8, 4) is 23.0 Å². The number of thioether (sulfide) groups is 3. The summed E-state index contributed by atoms with van der Waals surface area (Å²) in [5, 5.41) is 35.4. The highest BCUT2D eigenvalue weighted by atomic mass is 32.2. The van der Waals surface area contributed by atoms with E-state index in [2.05, 4.69) is 5.32 Å².